The van der Waals surface area contributed by atoms with Gasteiger partial charge in [-0.15, -0.1) is 0 Å². The van der Waals surface area contributed by atoms with E-state index in [-0.39, 0.29) is 0 Å². The highest BCUT2D eigenvalue weighted by molar-refractivity contribution is 6.30. The van der Waals surface area contributed by atoms with Crippen molar-refractivity contribution in [3.8, 4) is 11.1 Å². The summed E-state index contributed by atoms with van der Waals surface area (Å²) in [4.78, 5) is 0. The second-order valence-electron chi connectivity index (χ2n) is 3.41. The molecule has 0 aromatic heterocycles. The van der Waals surface area contributed by atoms with Crippen LogP contribution in [0.1, 0.15) is 5.56 Å². The molecule has 2 rings (SSSR count). The van der Waals surface area contributed by atoms with Crippen LogP contribution in [-0.4, -0.2) is 0 Å². The first-order valence-electron chi connectivity index (χ1n) is 4.84. The van der Waals surface area contributed by atoms with Gasteiger partial charge in [0.15, 0.2) is 0 Å². The zero-order valence-electron chi connectivity index (χ0n) is 8.28. The van der Waals surface area contributed by atoms with Crippen molar-refractivity contribution >= 4 is 11.6 Å². The molecule has 0 aliphatic rings. The summed E-state index contributed by atoms with van der Waals surface area (Å²) in [5.74, 6) is 0. The first kappa shape index (κ1) is 10.2. The van der Waals surface area contributed by atoms with Crippen LogP contribution in [0.4, 0.5) is 0 Å². The predicted molar refractivity (Wildman–Crippen MR) is 64.8 cm³/mol. The summed E-state index contributed by atoms with van der Waals surface area (Å²) < 4.78 is 0. The van der Waals surface area contributed by atoms with E-state index in [1.54, 1.807) is 0 Å². The molecular formula is C13H12ClN. The van der Waals surface area contributed by atoms with Crippen LogP contribution in [-0.2, 0) is 6.54 Å². The van der Waals surface area contributed by atoms with E-state index in [1.165, 1.54) is 0 Å². The Morgan fingerprint density at radius 3 is 2.27 bits per heavy atom. The highest BCUT2D eigenvalue weighted by Gasteiger charge is 1.97. The van der Waals surface area contributed by atoms with Crippen LogP contribution in [0.25, 0.3) is 11.1 Å². The topological polar surface area (TPSA) is 26.0 Å². The first-order chi connectivity index (χ1) is 7.29. The molecule has 76 valence electrons. The van der Waals surface area contributed by atoms with Gasteiger partial charge in [0.25, 0.3) is 0 Å². The molecule has 0 unspecified atom stereocenters. The third-order valence-electron chi connectivity index (χ3n) is 2.35. The van der Waals surface area contributed by atoms with Gasteiger partial charge in [-0.2, -0.15) is 0 Å². The van der Waals surface area contributed by atoms with Crippen LogP contribution >= 0.6 is 11.6 Å². The van der Waals surface area contributed by atoms with E-state index in [2.05, 4.69) is 12.1 Å². The zero-order chi connectivity index (χ0) is 10.7. The lowest BCUT2D eigenvalue weighted by Crippen LogP contribution is -1.95. The molecule has 0 saturated heterocycles. The van der Waals surface area contributed by atoms with E-state index < -0.39 is 0 Å². The Morgan fingerprint density at radius 2 is 1.67 bits per heavy atom. The van der Waals surface area contributed by atoms with Crippen LogP contribution in [0, 0.1) is 0 Å². The van der Waals surface area contributed by atoms with Crippen molar-refractivity contribution < 1.29 is 0 Å². The zero-order valence-corrected chi connectivity index (χ0v) is 9.04. The maximum absolute atomic E-state index is 5.93. The second kappa shape index (κ2) is 4.47. The Bertz CT molecular complexity index is 448. The molecule has 0 heterocycles. The molecule has 0 fully saturated rings. The first-order valence-corrected chi connectivity index (χ1v) is 5.22. The van der Waals surface area contributed by atoms with Crippen molar-refractivity contribution in [2.75, 3.05) is 0 Å². The third kappa shape index (κ3) is 2.38. The van der Waals surface area contributed by atoms with Gasteiger partial charge >= 0.3 is 0 Å². The van der Waals surface area contributed by atoms with Crippen LogP contribution in [0.5, 0.6) is 0 Å². The Balaban J connectivity index is 2.37. The minimum Gasteiger partial charge on any atom is -0.326 e. The molecule has 0 bridgehead atoms. The fraction of sp³-hybridized carbons (Fsp3) is 0.0769. The summed E-state index contributed by atoms with van der Waals surface area (Å²) in [5.41, 5.74) is 8.97. The highest BCUT2D eigenvalue weighted by Crippen LogP contribution is 2.22. The maximum atomic E-state index is 5.93. The van der Waals surface area contributed by atoms with Crippen LogP contribution < -0.4 is 5.73 Å². The Labute approximate surface area is 94.5 Å². The van der Waals surface area contributed by atoms with E-state index in [0.717, 1.165) is 21.7 Å². The molecule has 2 heteroatoms. The number of rotatable bonds is 2. The average Bonchev–Trinajstić information content (AvgIpc) is 2.29. The van der Waals surface area contributed by atoms with Crippen LogP contribution in [0.3, 0.4) is 0 Å². The number of benzene rings is 2. The van der Waals surface area contributed by atoms with Crippen molar-refractivity contribution in [2.45, 2.75) is 6.54 Å². The SMILES string of the molecule is NCc1ccc(-c2cccc(Cl)c2)cc1. The molecule has 0 saturated carbocycles. The maximum Gasteiger partial charge on any atom is 0.0412 e. The number of nitrogens with two attached hydrogens (primary N) is 1. The standard InChI is InChI=1S/C13H12ClN/c14-13-3-1-2-12(8-13)11-6-4-10(9-15)5-7-11/h1-8H,9,15H2. The van der Waals surface area contributed by atoms with Gasteiger partial charge in [0.05, 0.1) is 0 Å². The van der Waals surface area contributed by atoms with E-state index >= 15 is 0 Å². The lowest BCUT2D eigenvalue weighted by atomic mass is 10.0. The molecule has 0 spiro atoms. The minimum absolute atomic E-state index is 0.579. The fourth-order valence-corrected chi connectivity index (χ4v) is 1.69. The van der Waals surface area contributed by atoms with Crippen molar-refractivity contribution in [1.82, 2.24) is 0 Å². The molecule has 2 aromatic rings. The lowest BCUT2D eigenvalue weighted by Gasteiger charge is -2.03. The third-order valence-corrected chi connectivity index (χ3v) is 2.58. The van der Waals surface area contributed by atoms with E-state index in [4.69, 9.17) is 17.3 Å². The van der Waals surface area contributed by atoms with E-state index in [9.17, 15) is 0 Å². The molecule has 0 radical (unpaired) electrons. The van der Waals surface area contributed by atoms with Crippen molar-refractivity contribution in [2.24, 2.45) is 5.73 Å². The van der Waals surface area contributed by atoms with Crippen LogP contribution in [0.2, 0.25) is 5.02 Å². The summed E-state index contributed by atoms with van der Waals surface area (Å²) in [6, 6.07) is 16.0. The van der Waals surface area contributed by atoms with E-state index in [0.29, 0.717) is 6.54 Å². The Morgan fingerprint density at radius 1 is 0.933 bits per heavy atom. The smallest absolute Gasteiger partial charge is 0.0412 e. The summed E-state index contributed by atoms with van der Waals surface area (Å²) in [6.07, 6.45) is 0. The summed E-state index contributed by atoms with van der Waals surface area (Å²) >= 11 is 5.93. The van der Waals surface area contributed by atoms with Crippen molar-refractivity contribution in [1.29, 1.82) is 0 Å². The molecule has 0 atom stereocenters. The molecule has 0 aliphatic heterocycles. The van der Waals surface area contributed by atoms with Gasteiger partial charge in [-0.3, -0.25) is 0 Å². The highest BCUT2D eigenvalue weighted by atomic mass is 35.5. The Kier molecular flexibility index (Phi) is 3.05. The monoisotopic (exact) mass is 217 g/mol. The lowest BCUT2D eigenvalue weighted by molar-refractivity contribution is 1.07. The molecule has 1 nitrogen and oxygen atoms in total. The van der Waals surface area contributed by atoms with Gasteiger partial charge in [0.1, 0.15) is 0 Å². The summed E-state index contributed by atoms with van der Waals surface area (Å²) in [7, 11) is 0. The van der Waals surface area contributed by atoms with Gasteiger partial charge in [0.2, 0.25) is 0 Å². The number of hydrogen-bond donors (Lipinski definition) is 1. The predicted octanol–water partition coefficient (Wildman–Crippen LogP) is 3.47. The van der Waals surface area contributed by atoms with Crippen LogP contribution in [0.15, 0.2) is 48.5 Å². The molecule has 2 aromatic carbocycles. The van der Waals surface area contributed by atoms with Crippen molar-refractivity contribution in [3.63, 3.8) is 0 Å². The Hall–Kier alpha value is -1.31. The molecular weight excluding hydrogens is 206 g/mol. The van der Waals surface area contributed by atoms with Gasteiger partial charge in [0, 0.05) is 11.6 Å². The molecule has 0 aliphatic carbocycles. The summed E-state index contributed by atoms with van der Waals surface area (Å²) in [6.45, 7) is 0.579. The quantitative estimate of drug-likeness (QED) is 0.819. The molecule has 0 amide bonds. The average molecular weight is 218 g/mol. The largest absolute Gasteiger partial charge is 0.326 e. The molecule has 2 N–H and O–H groups in total. The number of halogens is 1. The normalized spacial score (nSPS) is 10.3. The van der Waals surface area contributed by atoms with Crippen molar-refractivity contribution in [3.05, 3.63) is 59.1 Å². The fourth-order valence-electron chi connectivity index (χ4n) is 1.50. The second-order valence-corrected chi connectivity index (χ2v) is 3.85. The van der Waals surface area contributed by atoms with Gasteiger partial charge < -0.3 is 5.73 Å². The van der Waals surface area contributed by atoms with Gasteiger partial charge in [-0.1, -0.05) is 48.0 Å². The van der Waals surface area contributed by atoms with Gasteiger partial charge in [-0.05, 0) is 28.8 Å². The van der Waals surface area contributed by atoms with Gasteiger partial charge in [-0.25, -0.2) is 0 Å². The minimum atomic E-state index is 0.579. The number of hydrogen-bond acceptors (Lipinski definition) is 1. The summed E-state index contributed by atoms with van der Waals surface area (Å²) in [5, 5.41) is 0.760. The molecule has 15 heavy (non-hydrogen) atoms. The van der Waals surface area contributed by atoms with E-state index in [1.807, 2.05) is 36.4 Å².